The first-order chi connectivity index (χ1) is 3.77. The van der Waals surface area contributed by atoms with Crippen molar-refractivity contribution < 1.29 is 39.0 Å². The Morgan fingerprint density at radius 2 is 2.00 bits per heavy atom. The average Bonchev–Trinajstić information content (AvgIpc) is 1.66. The second-order valence-electron chi connectivity index (χ2n) is 1.76. The molecule has 0 bridgehead atoms. The van der Waals surface area contributed by atoms with Crippen LogP contribution in [-0.4, -0.2) is 6.16 Å². The summed E-state index contributed by atoms with van der Waals surface area (Å²) >= 11 is 0. The van der Waals surface area contributed by atoms with Crippen LogP contribution in [0.2, 0.25) is 0 Å². The van der Waals surface area contributed by atoms with Gasteiger partial charge in [-0.1, -0.05) is 17.9 Å². The third kappa shape index (κ3) is 12.3. The van der Waals surface area contributed by atoms with Gasteiger partial charge in [0.1, 0.15) is 6.16 Å². The topological polar surface area (TPSA) is 40.1 Å². The van der Waals surface area contributed by atoms with Crippen LogP contribution in [-0.2, 0) is 4.57 Å². The molecule has 0 N–H and O–H groups in total. The van der Waals surface area contributed by atoms with E-state index >= 15 is 0 Å². The molecule has 0 aromatic rings. The smallest absolute Gasteiger partial charge is 0.596 e. The minimum Gasteiger partial charge on any atom is -0.596 e. The fourth-order valence-corrected chi connectivity index (χ4v) is 0.973. The molecule has 0 aliphatic rings. The van der Waals surface area contributed by atoms with Crippen LogP contribution in [0.5, 0.6) is 0 Å². The van der Waals surface area contributed by atoms with Crippen molar-refractivity contribution >= 4 is 8.03 Å². The molecular formula is C5H11NaO2P+. The molecule has 0 aliphatic heterocycles. The Morgan fingerprint density at radius 1 is 1.44 bits per heavy atom. The second-order valence-corrected chi connectivity index (χ2v) is 2.88. The largest absolute Gasteiger partial charge is 1.00 e. The Hall–Kier alpha value is 1.06. The zero-order valence-electron chi connectivity index (χ0n) is 6.09. The monoisotopic (exact) mass is 157 g/mol. The maximum atomic E-state index is 9.91. The van der Waals surface area contributed by atoms with Gasteiger partial charge >= 0.3 is 37.6 Å². The zero-order valence-corrected chi connectivity index (χ0v) is 8.99. The van der Waals surface area contributed by atoms with Gasteiger partial charge in [-0.05, 0) is 12.8 Å². The first-order valence-electron chi connectivity index (χ1n) is 2.89. The number of hydrogen-bond donors (Lipinski definition) is 0. The molecule has 0 radical (unpaired) electrons. The molecule has 2 nitrogen and oxygen atoms in total. The summed E-state index contributed by atoms with van der Waals surface area (Å²) in [6, 6.07) is 0. The number of unbranched alkanes of at least 4 members (excludes halogenated alkanes) is 2. The molecule has 48 valence electrons. The molecule has 0 heterocycles. The predicted octanol–water partition coefficient (Wildman–Crippen LogP) is -1.72. The van der Waals surface area contributed by atoms with E-state index in [0.29, 0.717) is 6.16 Å². The van der Waals surface area contributed by atoms with E-state index in [0.717, 1.165) is 19.3 Å². The normalized spacial score (nSPS) is 10.2. The first kappa shape index (κ1) is 12.7. The summed E-state index contributed by atoms with van der Waals surface area (Å²) in [4.78, 5) is 9.91. The quantitative estimate of drug-likeness (QED) is 0.277. The molecule has 0 spiro atoms. The summed E-state index contributed by atoms with van der Waals surface area (Å²) in [6.07, 6.45) is 3.31. The third-order valence-electron chi connectivity index (χ3n) is 0.944. The van der Waals surface area contributed by atoms with Gasteiger partial charge in [-0.2, -0.15) is 0 Å². The van der Waals surface area contributed by atoms with Crippen molar-refractivity contribution in [3.05, 3.63) is 0 Å². The Bertz CT molecular complexity index is 77.4. The number of rotatable bonds is 4. The van der Waals surface area contributed by atoms with E-state index in [1.54, 1.807) is 0 Å². The first-order valence-corrected chi connectivity index (χ1v) is 4.25. The molecule has 0 aromatic heterocycles. The molecule has 1 atom stereocenters. The predicted molar refractivity (Wildman–Crippen MR) is 32.0 cm³/mol. The molecule has 0 aromatic carbocycles. The molecule has 0 saturated heterocycles. The van der Waals surface area contributed by atoms with E-state index < -0.39 is 8.03 Å². The Kier molecular flexibility index (Phi) is 12.8. The van der Waals surface area contributed by atoms with Crippen molar-refractivity contribution in [2.24, 2.45) is 0 Å². The van der Waals surface area contributed by atoms with Gasteiger partial charge in [0.25, 0.3) is 0 Å². The van der Waals surface area contributed by atoms with Crippen LogP contribution in [0.4, 0.5) is 0 Å². The van der Waals surface area contributed by atoms with E-state index in [-0.39, 0.29) is 29.6 Å². The molecule has 0 saturated carbocycles. The summed E-state index contributed by atoms with van der Waals surface area (Å²) in [6.45, 7) is 2.05. The van der Waals surface area contributed by atoms with Crippen molar-refractivity contribution in [3.8, 4) is 0 Å². The summed E-state index contributed by atoms with van der Waals surface area (Å²) in [5, 5.41) is 0. The van der Waals surface area contributed by atoms with Gasteiger partial charge in [-0.25, -0.2) is 0 Å². The van der Waals surface area contributed by atoms with E-state index in [9.17, 15) is 9.46 Å². The maximum absolute atomic E-state index is 9.91. The third-order valence-corrected chi connectivity index (χ3v) is 1.63. The maximum Gasteiger partial charge on any atom is 1.00 e. The van der Waals surface area contributed by atoms with Gasteiger partial charge in [0.15, 0.2) is 0 Å². The molecule has 0 fully saturated rings. The van der Waals surface area contributed by atoms with Crippen molar-refractivity contribution in [1.82, 2.24) is 0 Å². The molecule has 0 rings (SSSR count). The van der Waals surface area contributed by atoms with Gasteiger partial charge in [-0.3, -0.25) is 0 Å². The zero-order chi connectivity index (χ0) is 6.41. The Balaban J connectivity index is 0. The molecule has 9 heavy (non-hydrogen) atoms. The minimum absolute atomic E-state index is 0. The second kappa shape index (κ2) is 9.06. The SMILES string of the molecule is CCCCC[P+](=O)[O-].[Na+]. The van der Waals surface area contributed by atoms with Crippen LogP contribution in [0.1, 0.15) is 26.2 Å². The standard InChI is InChI=1S/C5H11O2P.Na/c1-2-3-4-5-8(6)7;/h2-5H2,1H3;/q;+1. The summed E-state index contributed by atoms with van der Waals surface area (Å²) in [7, 11) is -2.11. The van der Waals surface area contributed by atoms with Gasteiger partial charge in [-0.15, -0.1) is 0 Å². The van der Waals surface area contributed by atoms with Crippen LogP contribution in [0.15, 0.2) is 0 Å². The van der Waals surface area contributed by atoms with Crippen molar-refractivity contribution in [2.45, 2.75) is 26.2 Å². The fraction of sp³-hybridized carbons (Fsp3) is 1.00. The van der Waals surface area contributed by atoms with Gasteiger partial charge in [0.05, 0.1) is 0 Å². The fourth-order valence-electron chi connectivity index (χ4n) is 0.491. The molecule has 0 amide bonds. The van der Waals surface area contributed by atoms with Gasteiger partial charge in [0, 0.05) is 0 Å². The summed E-state index contributed by atoms with van der Waals surface area (Å²) in [5.74, 6) is 0. The van der Waals surface area contributed by atoms with Crippen molar-refractivity contribution in [3.63, 3.8) is 0 Å². The Labute approximate surface area is 79.2 Å². The summed E-state index contributed by atoms with van der Waals surface area (Å²) < 4.78 is 9.91. The van der Waals surface area contributed by atoms with E-state index in [4.69, 9.17) is 0 Å². The molecule has 1 unspecified atom stereocenters. The van der Waals surface area contributed by atoms with Gasteiger partial charge in [0.2, 0.25) is 0 Å². The summed E-state index contributed by atoms with van der Waals surface area (Å²) in [5.41, 5.74) is 0. The van der Waals surface area contributed by atoms with E-state index in [1.165, 1.54) is 0 Å². The Morgan fingerprint density at radius 3 is 2.33 bits per heavy atom. The van der Waals surface area contributed by atoms with E-state index in [1.807, 2.05) is 0 Å². The minimum atomic E-state index is -2.11. The van der Waals surface area contributed by atoms with E-state index in [2.05, 4.69) is 6.92 Å². The number of hydrogen-bond acceptors (Lipinski definition) is 2. The van der Waals surface area contributed by atoms with Crippen LogP contribution < -0.4 is 34.5 Å². The average molecular weight is 157 g/mol. The molecular weight excluding hydrogens is 146 g/mol. The van der Waals surface area contributed by atoms with Crippen LogP contribution >= 0.6 is 8.03 Å². The van der Waals surface area contributed by atoms with Crippen LogP contribution in [0.3, 0.4) is 0 Å². The van der Waals surface area contributed by atoms with Crippen LogP contribution in [0, 0.1) is 0 Å². The molecule has 0 aliphatic carbocycles. The van der Waals surface area contributed by atoms with Gasteiger partial charge < -0.3 is 4.89 Å². The molecule has 4 heteroatoms. The van der Waals surface area contributed by atoms with Crippen molar-refractivity contribution in [2.75, 3.05) is 6.16 Å². The van der Waals surface area contributed by atoms with Crippen molar-refractivity contribution in [1.29, 1.82) is 0 Å². The van der Waals surface area contributed by atoms with Crippen LogP contribution in [0.25, 0.3) is 0 Å².